The highest BCUT2D eigenvalue weighted by molar-refractivity contribution is 7.98. The Labute approximate surface area is 98.2 Å². The minimum atomic E-state index is -1.03. The molecule has 1 aromatic rings. The molecule has 0 aliphatic rings. The minimum absolute atomic E-state index is 0.334. The Morgan fingerprint density at radius 3 is 2.88 bits per heavy atom. The molecule has 1 rings (SSSR count). The summed E-state index contributed by atoms with van der Waals surface area (Å²) in [6.07, 6.45) is 2.40. The van der Waals surface area contributed by atoms with Gasteiger partial charge in [-0.3, -0.25) is 0 Å². The van der Waals surface area contributed by atoms with Crippen molar-refractivity contribution in [2.24, 2.45) is 0 Å². The normalized spacial score (nSPS) is 10.9. The summed E-state index contributed by atoms with van der Waals surface area (Å²) < 4.78 is 13.2. The molecule has 2 nitrogen and oxygen atoms in total. The van der Waals surface area contributed by atoms with Crippen LogP contribution in [0, 0.1) is 5.82 Å². The van der Waals surface area contributed by atoms with Gasteiger partial charge in [-0.2, -0.15) is 11.8 Å². The highest BCUT2D eigenvalue weighted by Crippen LogP contribution is 2.16. The number of carboxylic acid groups (broad SMARTS) is 1. The maximum Gasteiger partial charge on any atom is 0.328 e. The van der Waals surface area contributed by atoms with Crippen molar-refractivity contribution in [2.45, 2.75) is 12.7 Å². The van der Waals surface area contributed by atoms with E-state index in [0.29, 0.717) is 5.56 Å². The molecule has 4 heteroatoms. The fourth-order valence-corrected chi connectivity index (χ4v) is 1.85. The van der Waals surface area contributed by atoms with E-state index in [1.54, 1.807) is 17.8 Å². The molecule has 0 bridgehead atoms. The van der Waals surface area contributed by atoms with E-state index in [4.69, 9.17) is 5.11 Å². The van der Waals surface area contributed by atoms with Crippen LogP contribution >= 0.6 is 11.8 Å². The molecular weight excluding hydrogens is 227 g/mol. The third-order valence-corrected chi connectivity index (χ3v) is 2.82. The van der Waals surface area contributed by atoms with Crippen molar-refractivity contribution in [3.05, 3.63) is 41.2 Å². The van der Waals surface area contributed by atoms with Crippen LogP contribution in [-0.2, 0) is 10.5 Å². The predicted molar refractivity (Wildman–Crippen MR) is 64.9 cm³/mol. The van der Waals surface area contributed by atoms with E-state index in [0.717, 1.165) is 23.1 Å². The molecule has 0 spiro atoms. The second-order valence-corrected chi connectivity index (χ2v) is 4.48. The monoisotopic (exact) mass is 240 g/mol. The fraction of sp³-hybridized carbons (Fsp3) is 0.250. The van der Waals surface area contributed by atoms with Crippen molar-refractivity contribution in [2.75, 3.05) is 5.75 Å². The van der Waals surface area contributed by atoms with Gasteiger partial charge in [0.2, 0.25) is 0 Å². The van der Waals surface area contributed by atoms with Crippen LogP contribution in [0.4, 0.5) is 4.39 Å². The van der Waals surface area contributed by atoms with E-state index >= 15 is 0 Å². The molecule has 0 saturated carbocycles. The number of carboxylic acids is 1. The van der Waals surface area contributed by atoms with E-state index in [2.05, 4.69) is 0 Å². The first-order valence-electron chi connectivity index (χ1n) is 4.90. The maximum absolute atomic E-state index is 13.2. The van der Waals surface area contributed by atoms with Crippen molar-refractivity contribution >= 4 is 23.8 Å². The lowest BCUT2D eigenvalue weighted by Gasteiger charge is -2.02. The molecule has 0 fully saturated rings. The van der Waals surface area contributed by atoms with Gasteiger partial charge in [0.1, 0.15) is 5.82 Å². The Hall–Kier alpha value is -1.29. The zero-order chi connectivity index (χ0) is 12.0. The van der Waals surface area contributed by atoms with Crippen LogP contribution in [0.1, 0.15) is 18.1 Å². The first kappa shape index (κ1) is 12.8. The maximum atomic E-state index is 13.2. The highest BCUT2D eigenvalue weighted by atomic mass is 32.2. The Kier molecular flexibility index (Phi) is 5.05. The topological polar surface area (TPSA) is 37.3 Å². The lowest BCUT2D eigenvalue weighted by Crippen LogP contribution is -1.89. The lowest BCUT2D eigenvalue weighted by atomic mass is 10.1. The van der Waals surface area contributed by atoms with Crippen LogP contribution < -0.4 is 0 Å². The Morgan fingerprint density at radius 1 is 1.50 bits per heavy atom. The van der Waals surface area contributed by atoms with Gasteiger partial charge in [0, 0.05) is 11.8 Å². The van der Waals surface area contributed by atoms with E-state index in [9.17, 15) is 9.18 Å². The number of hydrogen-bond acceptors (Lipinski definition) is 2. The zero-order valence-electron chi connectivity index (χ0n) is 8.94. The summed E-state index contributed by atoms with van der Waals surface area (Å²) >= 11 is 1.70. The number of hydrogen-bond donors (Lipinski definition) is 1. The molecule has 0 heterocycles. The van der Waals surface area contributed by atoms with E-state index in [-0.39, 0.29) is 5.82 Å². The summed E-state index contributed by atoms with van der Waals surface area (Å²) in [6.45, 7) is 2.04. The van der Waals surface area contributed by atoms with Crippen molar-refractivity contribution in [1.29, 1.82) is 0 Å². The first-order valence-corrected chi connectivity index (χ1v) is 6.05. The minimum Gasteiger partial charge on any atom is -0.478 e. The molecule has 0 aromatic heterocycles. The molecule has 1 N–H and O–H groups in total. The van der Waals surface area contributed by atoms with E-state index < -0.39 is 5.97 Å². The molecule has 16 heavy (non-hydrogen) atoms. The first-order chi connectivity index (χ1) is 7.61. The molecule has 0 atom stereocenters. The van der Waals surface area contributed by atoms with Crippen molar-refractivity contribution in [3.63, 3.8) is 0 Å². The Morgan fingerprint density at radius 2 is 2.25 bits per heavy atom. The number of benzene rings is 1. The van der Waals surface area contributed by atoms with Gasteiger partial charge < -0.3 is 5.11 Å². The fourth-order valence-electron chi connectivity index (χ4n) is 1.24. The van der Waals surface area contributed by atoms with Gasteiger partial charge in [0.25, 0.3) is 0 Å². The molecule has 0 amide bonds. The number of halogens is 1. The third kappa shape index (κ3) is 4.49. The van der Waals surface area contributed by atoms with E-state index in [1.165, 1.54) is 18.2 Å². The van der Waals surface area contributed by atoms with Crippen molar-refractivity contribution in [3.8, 4) is 0 Å². The number of thioether (sulfide) groups is 1. The number of carbonyl (C=O) groups is 1. The van der Waals surface area contributed by atoms with Gasteiger partial charge >= 0.3 is 5.97 Å². The smallest absolute Gasteiger partial charge is 0.328 e. The van der Waals surface area contributed by atoms with Crippen LogP contribution in [0.5, 0.6) is 0 Å². The van der Waals surface area contributed by atoms with Crippen LogP contribution in [0.3, 0.4) is 0 Å². The molecule has 0 aliphatic carbocycles. The van der Waals surface area contributed by atoms with Gasteiger partial charge in [-0.25, -0.2) is 9.18 Å². The molecule has 0 unspecified atom stereocenters. The number of aliphatic carboxylic acids is 1. The number of rotatable bonds is 5. The van der Waals surface area contributed by atoms with Crippen LogP contribution in [0.15, 0.2) is 24.3 Å². The zero-order valence-corrected chi connectivity index (χ0v) is 9.76. The van der Waals surface area contributed by atoms with Crippen molar-refractivity contribution < 1.29 is 14.3 Å². The van der Waals surface area contributed by atoms with Gasteiger partial charge in [-0.15, -0.1) is 0 Å². The summed E-state index contributed by atoms with van der Waals surface area (Å²) in [7, 11) is 0. The van der Waals surface area contributed by atoms with Crippen LogP contribution in [-0.4, -0.2) is 16.8 Å². The molecular formula is C12H13FO2S. The highest BCUT2D eigenvalue weighted by Gasteiger charge is 1.99. The van der Waals surface area contributed by atoms with Crippen LogP contribution in [0.25, 0.3) is 6.08 Å². The van der Waals surface area contributed by atoms with Gasteiger partial charge in [-0.05, 0) is 35.1 Å². The summed E-state index contributed by atoms with van der Waals surface area (Å²) in [5.41, 5.74) is 1.45. The standard InChI is InChI=1S/C12H13FO2S/c1-2-16-8-10-5-9(3-4-12(14)15)6-11(13)7-10/h3-7H,2,8H2,1H3,(H,14,15). The quantitative estimate of drug-likeness (QED) is 0.803. The predicted octanol–water partition coefficient (Wildman–Crippen LogP) is 3.18. The van der Waals surface area contributed by atoms with Crippen LogP contribution in [0.2, 0.25) is 0 Å². The van der Waals surface area contributed by atoms with Crippen molar-refractivity contribution in [1.82, 2.24) is 0 Å². The lowest BCUT2D eigenvalue weighted by molar-refractivity contribution is -0.131. The molecule has 0 radical (unpaired) electrons. The average molecular weight is 240 g/mol. The second kappa shape index (κ2) is 6.33. The molecule has 0 saturated heterocycles. The largest absolute Gasteiger partial charge is 0.478 e. The summed E-state index contributed by atoms with van der Waals surface area (Å²) in [5.74, 6) is 0.340. The average Bonchev–Trinajstić information content (AvgIpc) is 2.23. The molecule has 1 aromatic carbocycles. The molecule has 0 aliphatic heterocycles. The summed E-state index contributed by atoms with van der Waals surface area (Å²) in [5, 5.41) is 8.47. The van der Waals surface area contributed by atoms with Gasteiger partial charge in [0.15, 0.2) is 0 Å². The summed E-state index contributed by atoms with van der Waals surface area (Å²) in [6, 6.07) is 4.59. The second-order valence-electron chi connectivity index (χ2n) is 3.20. The summed E-state index contributed by atoms with van der Waals surface area (Å²) in [4.78, 5) is 10.3. The SMILES string of the molecule is CCSCc1cc(F)cc(C=CC(=O)O)c1. The van der Waals surface area contributed by atoms with E-state index in [1.807, 2.05) is 6.92 Å². The molecule has 86 valence electrons. The van der Waals surface area contributed by atoms with Gasteiger partial charge in [-0.1, -0.05) is 13.0 Å². The Bertz CT molecular complexity index is 402. The Balaban J connectivity index is 2.85. The van der Waals surface area contributed by atoms with Gasteiger partial charge in [0.05, 0.1) is 0 Å². The third-order valence-electron chi connectivity index (χ3n) is 1.87.